The van der Waals surface area contributed by atoms with Gasteiger partial charge in [0.05, 0.1) is 33.1 Å². The molecule has 22 aromatic rings. The van der Waals surface area contributed by atoms with Gasteiger partial charge in [-0.25, -0.2) is 0 Å². The third-order valence-electron chi connectivity index (χ3n) is 22.6. The predicted octanol–water partition coefficient (Wildman–Crippen LogP) is 29.7. The number of aromatic nitrogens is 2. The summed E-state index contributed by atoms with van der Waals surface area (Å²) in [5.41, 5.74) is 36.9. The van der Waals surface area contributed by atoms with Gasteiger partial charge in [0.1, 0.15) is 0 Å². The minimum Gasteiger partial charge on any atom is -0.308 e. The highest BCUT2D eigenvalue weighted by Gasteiger charge is 2.22. The van der Waals surface area contributed by atoms with Gasteiger partial charge in [-0.05, 0) is 237 Å². The summed E-state index contributed by atoms with van der Waals surface area (Å²) in [6.45, 7) is 0. The Balaban J connectivity index is 0.000000140. The monoisotopic (exact) mass is 1390 g/mol. The van der Waals surface area contributed by atoms with Gasteiger partial charge in [0.2, 0.25) is 0 Å². The summed E-state index contributed by atoms with van der Waals surface area (Å²) in [7, 11) is 0. The number of para-hydroxylation sites is 2. The maximum atomic E-state index is 2.47. The molecule has 0 unspecified atom stereocenters. The van der Waals surface area contributed by atoms with E-state index in [2.05, 4.69) is 433 Å². The summed E-state index contributed by atoms with van der Waals surface area (Å²) >= 11 is 0. The van der Waals surface area contributed by atoms with Crippen LogP contribution in [0.4, 0.5) is 0 Å². The van der Waals surface area contributed by atoms with Gasteiger partial charge in [0, 0.05) is 43.1 Å². The lowest BCUT2D eigenvalue weighted by atomic mass is 9.94. The van der Waals surface area contributed by atoms with Gasteiger partial charge in [-0.2, -0.15) is 0 Å². The largest absolute Gasteiger partial charge is 0.308 e. The van der Waals surface area contributed by atoms with Gasteiger partial charge < -0.3 is 8.80 Å². The zero-order valence-corrected chi connectivity index (χ0v) is 60.3. The van der Waals surface area contributed by atoms with Gasteiger partial charge >= 0.3 is 0 Å². The maximum absolute atomic E-state index is 2.47. The molecule has 2 heteroatoms. The van der Waals surface area contributed by atoms with Crippen LogP contribution in [-0.2, 0) is 0 Å². The number of fused-ring (bicyclic) bond motifs is 12. The topological polar surface area (TPSA) is 8.82 Å². The fourth-order valence-corrected chi connectivity index (χ4v) is 17.2. The van der Waals surface area contributed by atoms with Gasteiger partial charge in [-0.15, -0.1) is 0 Å². The molecular weight excluding hydrogens is 1330 g/mol. The first-order chi connectivity index (χ1) is 54.5. The van der Waals surface area contributed by atoms with Crippen LogP contribution in [-0.4, -0.2) is 8.80 Å². The van der Waals surface area contributed by atoms with Gasteiger partial charge in [-0.3, -0.25) is 0 Å². The van der Waals surface area contributed by atoms with Crippen LogP contribution < -0.4 is 0 Å². The van der Waals surface area contributed by atoms with Gasteiger partial charge in [-0.1, -0.05) is 322 Å². The van der Waals surface area contributed by atoms with E-state index in [0.29, 0.717) is 0 Å². The second-order valence-electron chi connectivity index (χ2n) is 29.1. The molecule has 0 bridgehead atoms. The average molecular weight is 1400 g/mol. The average Bonchev–Trinajstić information content (AvgIpc) is 1.55. The van der Waals surface area contributed by atoms with Crippen LogP contribution in [0.1, 0.15) is 0 Å². The molecule has 0 N–H and O–H groups in total. The van der Waals surface area contributed by atoms with Crippen molar-refractivity contribution in [2.24, 2.45) is 0 Å². The number of benzene rings is 18. The molecule has 0 fully saturated rings. The highest BCUT2D eigenvalue weighted by molar-refractivity contribution is 6.26. The number of nitrogens with zero attached hydrogens (tertiary/aromatic N) is 2. The van der Waals surface area contributed by atoms with Crippen molar-refractivity contribution < 1.29 is 0 Å². The molecule has 2 nitrogen and oxygen atoms in total. The highest BCUT2D eigenvalue weighted by Crippen LogP contribution is 2.46. The van der Waals surface area contributed by atoms with E-state index < -0.39 is 0 Å². The molecule has 0 amide bonds. The fraction of sp³-hybridized carbons (Fsp3) is 0. The summed E-state index contributed by atoms with van der Waals surface area (Å²) < 4.78 is 4.94. The van der Waals surface area contributed by atoms with Crippen LogP contribution >= 0.6 is 0 Å². The summed E-state index contributed by atoms with van der Waals surface area (Å²) in [5.74, 6) is 0. The molecule has 0 saturated heterocycles. The van der Waals surface area contributed by atoms with E-state index in [0.717, 1.165) is 0 Å². The Bertz CT molecular complexity index is 7030. The maximum Gasteiger partial charge on any atom is 0.0620 e. The van der Waals surface area contributed by atoms with Crippen molar-refractivity contribution in [2.75, 3.05) is 0 Å². The molecule has 22 rings (SSSR count). The summed E-state index contributed by atoms with van der Waals surface area (Å²) in [6.07, 6.45) is 0. The molecule has 4 aromatic heterocycles. The molecular formula is C108H70N2. The highest BCUT2D eigenvalue weighted by atomic mass is 14.9. The molecule has 4 heterocycles. The smallest absolute Gasteiger partial charge is 0.0620 e. The first-order valence-electron chi connectivity index (χ1n) is 38.0. The van der Waals surface area contributed by atoms with E-state index in [1.807, 2.05) is 0 Å². The van der Waals surface area contributed by atoms with Gasteiger partial charge in [0.25, 0.3) is 0 Å². The minimum atomic E-state index is 1.21. The quantitative estimate of drug-likeness (QED) is 0.115. The Morgan fingerprint density at radius 2 is 0.282 bits per heavy atom. The normalized spacial score (nSPS) is 11.6. The summed E-state index contributed by atoms with van der Waals surface area (Å²) in [6, 6.07) is 155. The summed E-state index contributed by atoms with van der Waals surface area (Å²) in [4.78, 5) is 0. The molecule has 0 aliphatic rings. The Labute approximate surface area is 638 Å². The minimum absolute atomic E-state index is 1.21. The van der Waals surface area contributed by atoms with Crippen molar-refractivity contribution in [3.8, 4) is 134 Å². The van der Waals surface area contributed by atoms with Crippen LogP contribution in [0.25, 0.3) is 210 Å². The van der Waals surface area contributed by atoms with E-state index in [9.17, 15) is 0 Å². The number of hydrogen-bond donors (Lipinski definition) is 0. The lowest BCUT2D eigenvalue weighted by Crippen LogP contribution is -1.85. The van der Waals surface area contributed by atoms with Crippen molar-refractivity contribution in [3.05, 3.63) is 425 Å². The van der Waals surface area contributed by atoms with Crippen molar-refractivity contribution >= 4 is 76.2 Å². The lowest BCUT2D eigenvalue weighted by Gasteiger charge is -2.10. The molecule has 0 saturated carbocycles. The van der Waals surface area contributed by atoms with Crippen LogP contribution in [0.5, 0.6) is 0 Å². The van der Waals surface area contributed by atoms with Crippen LogP contribution in [0.15, 0.2) is 425 Å². The fourth-order valence-electron chi connectivity index (χ4n) is 17.2. The van der Waals surface area contributed by atoms with E-state index in [4.69, 9.17) is 0 Å². The lowest BCUT2D eigenvalue weighted by molar-refractivity contribution is 1.37. The third-order valence-corrected chi connectivity index (χ3v) is 22.6. The second kappa shape index (κ2) is 26.9. The van der Waals surface area contributed by atoms with E-state index in [1.165, 1.54) is 210 Å². The standard InChI is InChI=1S/2C54H35N/c1-3-12-36(13-4-1)38-16-7-18-40(30-38)42-20-9-22-44(32-42)46-26-28-52-50(34-46)48-24-11-25-49-51-35-47(27-29-53(51)55(52)54(48)49)45-23-10-21-43(33-45)41-19-8-17-39(31-41)37-14-5-2-6-15-37;1-3-13-36(14-4-1)38-17-9-19-40(29-38)42-21-11-23-44(31-42)46-27-28-53-49(33-46)51-35-47(34-50-48-25-7-8-26-52(48)55(53)54(50)51)45-24-12-22-43(32-45)41-20-10-18-39(30-41)37-15-5-2-6-16-37/h2*1-35H. The third kappa shape index (κ3) is 11.4. The molecule has 0 aliphatic heterocycles. The van der Waals surface area contributed by atoms with Crippen LogP contribution in [0, 0.1) is 0 Å². The van der Waals surface area contributed by atoms with Gasteiger partial charge in [0.15, 0.2) is 0 Å². The Morgan fingerprint density at radius 1 is 0.100 bits per heavy atom. The predicted molar refractivity (Wildman–Crippen MR) is 467 cm³/mol. The zero-order valence-electron chi connectivity index (χ0n) is 60.3. The van der Waals surface area contributed by atoms with Crippen molar-refractivity contribution in [1.82, 2.24) is 8.80 Å². The first-order valence-corrected chi connectivity index (χ1v) is 38.0. The van der Waals surface area contributed by atoms with E-state index in [-0.39, 0.29) is 0 Å². The molecule has 18 aromatic carbocycles. The van der Waals surface area contributed by atoms with Crippen molar-refractivity contribution in [3.63, 3.8) is 0 Å². The second-order valence-corrected chi connectivity index (χ2v) is 29.1. The first kappa shape index (κ1) is 64.0. The molecule has 0 aliphatic carbocycles. The van der Waals surface area contributed by atoms with E-state index in [1.54, 1.807) is 0 Å². The summed E-state index contributed by atoms with van der Waals surface area (Å²) in [5, 5.41) is 10.3. The Hall–Kier alpha value is -14.4. The van der Waals surface area contributed by atoms with Crippen molar-refractivity contribution in [2.45, 2.75) is 0 Å². The Morgan fingerprint density at radius 3 is 0.582 bits per heavy atom. The zero-order chi connectivity index (χ0) is 72.6. The molecule has 0 spiro atoms. The van der Waals surface area contributed by atoms with Crippen molar-refractivity contribution in [1.29, 1.82) is 0 Å². The molecule has 0 atom stereocenters. The van der Waals surface area contributed by atoms with E-state index >= 15 is 0 Å². The Kier molecular flexibility index (Phi) is 15.6. The van der Waals surface area contributed by atoms with Crippen LogP contribution in [0.2, 0.25) is 0 Å². The molecule has 0 radical (unpaired) electrons. The number of rotatable bonds is 12. The SMILES string of the molecule is c1ccc(-c2cccc(-c3cccc(-c4ccc5c(c4)c4cc(-c6cccc(-c7cccc(-c8ccccc8)c7)c6)cc6c7ccccc7n5c64)c3)c2)cc1.c1ccc(-c2cccc(-c3cccc(-c4ccc5c(c4)c4cccc6c7cc(-c8cccc(-c9cccc(-c%10ccccc%10)c9)c8)ccc7n5c46)c3)c2)cc1. The number of hydrogen-bond acceptors (Lipinski definition) is 0. The molecule has 512 valence electrons. The van der Waals surface area contributed by atoms with Crippen LogP contribution in [0.3, 0.4) is 0 Å². The molecule has 110 heavy (non-hydrogen) atoms.